The van der Waals surface area contributed by atoms with E-state index in [9.17, 15) is 0 Å². The molecule has 24 heavy (non-hydrogen) atoms. The van der Waals surface area contributed by atoms with Crippen LogP contribution in [0.4, 0.5) is 0 Å². The van der Waals surface area contributed by atoms with Gasteiger partial charge in [0.05, 0.1) is 21.7 Å². The minimum Gasteiger partial charge on any atom is -0.240 e. The van der Waals surface area contributed by atoms with Gasteiger partial charge in [0.2, 0.25) is 5.16 Å². The molecule has 0 N–H and O–H groups in total. The van der Waals surface area contributed by atoms with Crippen LogP contribution in [0.15, 0.2) is 47.6 Å². The second-order valence-electron chi connectivity index (χ2n) is 5.53. The highest BCUT2D eigenvalue weighted by molar-refractivity contribution is 7.98. The second-order valence-corrected chi connectivity index (χ2v) is 7.58. The Balaban J connectivity index is 1.58. The van der Waals surface area contributed by atoms with E-state index in [4.69, 9.17) is 0 Å². The summed E-state index contributed by atoms with van der Waals surface area (Å²) in [6, 6.07) is 14.5. The van der Waals surface area contributed by atoms with Gasteiger partial charge in [-0.25, -0.2) is 4.98 Å². The summed E-state index contributed by atoms with van der Waals surface area (Å²) in [5.41, 5.74) is 4.45. The number of hydrogen-bond donors (Lipinski definition) is 0. The molecule has 0 aliphatic carbocycles. The number of para-hydroxylation sites is 1. The summed E-state index contributed by atoms with van der Waals surface area (Å²) in [7, 11) is 0. The van der Waals surface area contributed by atoms with Crippen molar-refractivity contribution >= 4 is 33.3 Å². The minimum absolute atomic E-state index is 0.755. The molecule has 0 bridgehead atoms. The Kier molecular flexibility index (Phi) is 4.03. The molecule has 0 amide bonds. The number of nitrogens with zero attached hydrogens (tertiary/aromatic N) is 5. The average Bonchev–Trinajstić information content (AvgIpc) is 3.19. The fourth-order valence-electron chi connectivity index (χ4n) is 2.57. The molecule has 7 heteroatoms. The quantitative estimate of drug-likeness (QED) is 0.515. The lowest BCUT2D eigenvalue weighted by molar-refractivity contribution is 0.751. The first-order valence-electron chi connectivity index (χ1n) is 7.54. The maximum Gasteiger partial charge on any atom is 0.214 e. The van der Waals surface area contributed by atoms with Crippen LogP contribution >= 0.6 is 23.1 Å². The monoisotopic (exact) mass is 353 g/mol. The molecule has 4 rings (SSSR count). The number of benzene rings is 2. The summed E-state index contributed by atoms with van der Waals surface area (Å²) in [5, 5.41) is 14.0. The molecule has 2 aromatic heterocycles. The van der Waals surface area contributed by atoms with Crippen LogP contribution in [-0.2, 0) is 5.75 Å². The van der Waals surface area contributed by atoms with E-state index in [0.29, 0.717) is 0 Å². The predicted octanol–water partition coefficient (Wildman–Crippen LogP) is 4.18. The maximum atomic E-state index is 4.66. The third-order valence-corrected chi connectivity index (χ3v) is 5.83. The Morgan fingerprint density at radius 3 is 2.83 bits per heavy atom. The number of thiazole rings is 1. The zero-order valence-corrected chi connectivity index (χ0v) is 14.9. The van der Waals surface area contributed by atoms with Crippen molar-refractivity contribution in [2.45, 2.75) is 24.8 Å². The zero-order valence-electron chi connectivity index (χ0n) is 13.3. The molecular weight excluding hydrogens is 338 g/mol. The van der Waals surface area contributed by atoms with E-state index in [2.05, 4.69) is 58.6 Å². The van der Waals surface area contributed by atoms with E-state index < -0.39 is 0 Å². The largest absolute Gasteiger partial charge is 0.240 e. The molecule has 0 unspecified atom stereocenters. The molecule has 2 aromatic carbocycles. The Bertz CT molecular complexity index is 972. The van der Waals surface area contributed by atoms with Crippen LogP contribution in [0.25, 0.3) is 15.9 Å². The predicted molar refractivity (Wildman–Crippen MR) is 97.8 cm³/mol. The third kappa shape index (κ3) is 2.92. The fourth-order valence-corrected chi connectivity index (χ4v) is 4.41. The highest BCUT2D eigenvalue weighted by Crippen LogP contribution is 2.28. The van der Waals surface area contributed by atoms with E-state index in [1.54, 1.807) is 27.8 Å². The molecular formula is C17H15N5S2. The van der Waals surface area contributed by atoms with E-state index in [-0.39, 0.29) is 0 Å². The number of fused-ring (bicyclic) bond motifs is 1. The number of aryl methyl sites for hydroxylation is 2. The molecule has 0 aliphatic heterocycles. The molecule has 0 aliphatic rings. The highest BCUT2D eigenvalue weighted by Gasteiger charge is 2.12. The van der Waals surface area contributed by atoms with Crippen LogP contribution in [0.2, 0.25) is 0 Å². The van der Waals surface area contributed by atoms with Gasteiger partial charge in [-0.1, -0.05) is 41.6 Å². The Morgan fingerprint density at radius 2 is 2.00 bits per heavy atom. The molecule has 5 nitrogen and oxygen atoms in total. The molecule has 0 radical (unpaired) electrons. The van der Waals surface area contributed by atoms with E-state index in [1.165, 1.54) is 10.3 Å². The molecule has 0 spiro atoms. The van der Waals surface area contributed by atoms with Gasteiger partial charge in [0.15, 0.2) is 0 Å². The fraction of sp³-hybridized carbons (Fsp3) is 0.176. The Hall–Kier alpha value is -2.25. The van der Waals surface area contributed by atoms with Crippen LogP contribution < -0.4 is 0 Å². The average molecular weight is 353 g/mol. The van der Waals surface area contributed by atoms with Crippen molar-refractivity contribution < 1.29 is 0 Å². The topological polar surface area (TPSA) is 56.5 Å². The van der Waals surface area contributed by atoms with E-state index in [0.717, 1.165) is 32.7 Å². The van der Waals surface area contributed by atoms with Crippen molar-refractivity contribution in [1.82, 2.24) is 25.2 Å². The number of tetrazole rings is 1. The summed E-state index contributed by atoms with van der Waals surface area (Å²) in [6.07, 6.45) is 0. The van der Waals surface area contributed by atoms with Gasteiger partial charge in [0.1, 0.15) is 5.01 Å². The molecule has 120 valence electrons. The molecule has 2 heterocycles. The second kappa shape index (κ2) is 6.33. The summed E-state index contributed by atoms with van der Waals surface area (Å²) >= 11 is 3.32. The summed E-state index contributed by atoms with van der Waals surface area (Å²) in [4.78, 5) is 4.66. The lowest BCUT2D eigenvalue weighted by Crippen LogP contribution is -2.01. The normalized spacial score (nSPS) is 11.2. The number of aromatic nitrogens is 5. The van der Waals surface area contributed by atoms with Gasteiger partial charge in [0, 0.05) is 0 Å². The Labute approximate surface area is 147 Å². The van der Waals surface area contributed by atoms with Gasteiger partial charge in [-0.2, -0.15) is 4.68 Å². The lowest BCUT2D eigenvalue weighted by Gasteiger charge is -2.07. The Morgan fingerprint density at radius 1 is 1.12 bits per heavy atom. The van der Waals surface area contributed by atoms with Crippen LogP contribution in [0, 0.1) is 13.8 Å². The van der Waals surface area contributed by atoms with Gasteiger partial charge in [-0.05, 0) is 48.0 Å². The SMILES string of the molecule is Cc1ccc(-n2nnnc2SCc2nc3ccccc3s2)c(C)c1. The first kappa shape index (κ1) is 15.3. The number of thioether (sulfide) groups is 1. The van der Waals surface area contributed by atoms with Crippen molar-refractivity contribution in [3.05, 3.63) is 58.6 Å². The van der Waals surface area contributed by atoms with Crippen LogP contribution in [0.1, 0.15) is 16.1 Å². The zero-order chi connectivity index (χ0) is 16.5. The van der Waals surface area contributed by atoms with E-state index >= 15 is 0 Å². The molecule has 0 fully saturated rings. The summed E-state index contributed by atoms with van der Waals surface area (Å²) < 4.78 is 3.01. The van der Waals surface area contributed by atoms with Crippen molar-refractivity contribution in [3.8, 4) is 5.69 Å². The molecule has 0 atom stereocenters. The van der Waals surface area contributed by atoms with Gasteiger partial charge in [-0.15, -0.1) is 16.4 Å². The van der Waals surface area contributed by atoms with Crippen LogP contribution in [0.5, 0.6) is 0 Å². The van der Waals surface area contributed by atoms with Crippen molar-refractivity contribution in [3.63, 3.8) is 0 Å². The first-order valence-corrected chi connectivity index (χ1v) is 9.34. The van der Waals surface area contributed by atoms with E-state index in [1.807, 2.05) is 18.2 Å². The minimum atomic E-state index is 0.755. The lowest BCUT2D eigenvalue weighted by atomic mass is 10.1. The van der Waals surface area contributed by atoms with Gasteiger partial charge >= 0.3 is 0 Å². The van der Waals surface area contributed by atoms with Crippen molar-refractivity contribution in [2.24, 2.45) is 0 Å². The van der Waals surface area contributed by atoms with Crippen LogP contribution in [-0.4, -0.2) is 25.2 Å². The first-order chi connectivity index (χ1) is 11.7. The summed E-state index contributed by atoms with van der Waals surface area (Å²) in [6.45, 7) is 4.16. The molecule has 0 saturated heterocycles. The van der Waals surface area contributed by atoms with Gasteiger partial charge in [0.25, 0.3) is 0 Å². The van der Waals surface area contributed by atoms with Gasteiger partial charge < -0.3 is 0 Å². The molecule has 4 aromatic rings. The smallest absolute Gasteiger partial charge is 0.214 e. The molecule has 0 saturated carbocycles. The highest BCUT2D eigenvalue weighted by atomic mass is 32.2. The van der Waals surface area contributed by atoms with Gasteiger partial charge in [-0.3, -0.25) is 0 Å². The number of hydrogen-bond acceptors (Lipinski definition) is 6. The van der Waals surface area contributed by atoms with Crippen molar-refractivity contribution in [2.75, 3.05) is 0 Å². The standard InChI is InChI=1S/C17H15N5S2/c1-11-7-8-14(12(2)9-11)22-17(19-20-21-22)23-10-16-18-13-5-3-4-6-15(13)24-16/h3-9H,10H2,1-2H3. The maximum absolute atomic E-state index is 4.66. The number of rotatable bonds is 4. The third-order valence-electron chi connectivity index (χ3n) is 3.68. The van der Waals surface area contributed by atoms with Crippen molar-refractivity contribution in [1.29, 1.82) is 0 Å². The summed E-state index contributed by atoms with van der Waals surface area (Å²) in [5.74, 6) is 0.755. The van der Waals surface area contributed by atoms with Crippen LogP contribution in [0.3, 0.4) is 0 Å².